The highest BCUT2D eigenvalue weighted by Crippen LogP contribution is 2.21. The van der Waals surface area contributed by atoms with Crippen LogP contribution in [0.1, 0.15) is 51.9 Å². The number of likely N-dealkylation sites (tertiary alicyclic amines) is 1. The van der Waals surface area contributed by atoms with Crippen LogP contribution >= 0.6 is 0 Å². The van der Waals surface area contributed by atoms with E-state index in [1.165, 1.54) is 38.8 Å². The molecule has 1 amide bonds. The van der Waals surface area contributed by atoms with Crippen LogP contribution in [0.2, 0.25) is 0 Å². The predicted molar refractivity (Wildman–Crippen MR) is 70.3 cm³/mol. The lowest BCUT2D eigenvalue weighted by molar-refractivity contribution is -0.121. The molecule has 1 aliphatic rings. The van der Waals surface area contributed by atoms with Crippen LogP contribution in [-0.2, 0) is 4.79 Å². The Bertz CT molecular complexity index is 213. The van der Waals surface area contributed by atoms with Crippen LogP contribution in [0.3, 0.4) is 0 Å². The largest absolute Gasteiger partial charge is 0.303 e. The zero-order valence-corrected chi connectivity index (χ0v) is 11.1. The summed E-state index contributed by atoms with van der Waals surface area (Å²) in [5.41, 5.74) is 2.17. The Morgan fingerprint density at radius 2 is 2.06 bits per heavy atom. The molecule has 1 rings (SSSR count). The molecule has 17 heavy (non-hydrogen) atoms. The molecule has 1 aliphatic heterocycles. The fraction of sp³-hybridized carbons (Fsp3) is 0.923. The molecular weight excluding hydrogens is 214 g/mol. The zero-order chi connectivity index (χ0) is 12.5. The topological polar surface area (TPSA) is 58.4 Å². The third kappa shape index (κ3) is 6.03. The first-order chi connectivity index (χ1) is 8.26. The summed E-state index contributed by atoms with van der Waals surface area (Å²) in [7, 11) is 0. The lowest BCUT2D eigenvalue weighted by Gasteiger charge is -2.31. The first kappa shape index (κ1) is 14.5. The third-order valence-electron chi connectivity index (χ3n) is 3.69. The van der Waals surface area contributed by atoms with Crippen LogP contribution in [0.25, 0.3) is 0 Å². The number of nitrogens with two attached hydrogens (primary N) is 1. The molecule has 0 saturated carbocycles. The van der Waals surface area contributed by atoms with E-state index in [9.17, 15) is 4.79 Å². The Labute approximate surface area is 105 Å². The fourth-order valence-corrected chi connectivity index (χ4v) is 2.60. The van der Waals surface area contributed by atoms with E-state index in [2.05, 4.69) is 17.2 Å². The number of unbranched alkanes of at least 4 members (excludes halogenated alkanes) is 1. The number of hydrogen-bond acceptors (Lipinski definition) is 3. The van der Waals surface area contributed by atoms with E-state index in [1.54, 1.807) is 0 Å². The molecule has 0 radical (unpaired) electrons. The molecule has 0 aliphatic carbocycles. The minimum atomic E-state index is -0.0494. The highest BCUT2D eigenvalue weighted by atomic mass is 16.2. The van der Waals surface area contributed by atoms with Gasteiger partial charge in [0.2, 0.25) is 5.91 Å². The van der Waals surface area contributed by atoms with Crippen molar-refractivity contribution < 1.29 is 4.79 Å². The van der Waals surface area contributed by atoms with E-state index >= 15 is 0 Å². The Hall–Kier alpha value is -0.610. The lowest BCUT2D eigenvalue weighted by Crippen LogP contribution is -2.34. The molecule has 0 unspecified atom stereocenters. The van der Waals surface area contributed by atoms with Crippen LogP contribution in [-0.4, -0.2) is 30.4 Å². The van der Waals surface area contributed by atoms with Gasteiger partial charge >= 0.3 is 0 Å². The van der Waals surface area contributed by atoms with Crippen molar-refractivity contribution in [3.8, 4) is 0 Å². The molecule has 100 valence electrons. The van der Waals surface area contributed by atoms with Gasteiger partial charge in [0, 0.05) is 6.42 Å². The monoisotopic (exact) mass is 241 g/mol. The van der Waals surface area contributed by atoms with Crippen LogP contribution in [0.4, 0.5) is 0 Å². The normalized spacial score (nSPS) is 18.2. The maximum Gasteiger partial charge on any atom is 0.233 e. The summed E-state index contributed by atoms with van der Waals surface area (Å²) in [5, 5.41) is 0. The minimum absolute atomic E-state index is 0.0494. The van der Waals surface area contributed by atoms with Gasteiger partial charge in [-0.2, -0.15) is 0 Å². The SMILES string of the molecule is CCCC1CCN(CCCCC(=O)NN)CC1. The van der Waals surface area contributed by atoms with Gasteiger partial charge in [-0.1, -0.05) is 19.8 Å². The van der Waals surface area contributed by atoms with Crippen molar-refractivity contribution in [3.05, 3.63) is 0 Å². The summed E-state index contributed by atoms with van der Waals surface area (Å²) >= 11 is 0. The second-order valence-corrected chi connectivity index (χ2v) is 5.10. The maximum atomic E-state index is 10.9. The number of rotatable bonds is 7. The third-order valence-corrected chi connectivity index (χ3v) is 3.69. The molecule has 0 aromatic heterocycles. The van der Waals surface area contributed by atoms with E-state index in [4.69, 9.17) is 5.84 Å². The molecule has 3 N–H and O–H groups in total. The van der Waals surface area contributed by atoms with Crippen molar-refractivity contribution in [2.75, 3.05) is 19.6 Å². The summed E-state index contributed by atoms with van der Waals surface area (Å²) in [4.78, 5) is 13.5. The quantitative estimate of drug-likeness (QED) is 0.308. The van der Waals surface area contributed by atoms with Crippen LogP contribution in [0, 0.1) is 5.92 Å². The van der Waals surface area contributed by atoms with Crippen LogP contribution in [0.5, 0.6) is 0 Å². The smallest absolute Gasteiger partial charge is 0.233 e. The van der Waals surface area contributed by atoms with Gasteiger partial charge in [-0.15, -0.1) is 0 Å². The van der Waals surface area contributed by atoms with Crippen LogP contribution < -0.4 is 11.3 Å². The summed E-state index contributed by atoms with van der Waals surface area (Å²) in [6.07, 6.45) is 8.03. The number of nitrogens with one attached hydrogen (secondary N) is 1. The minimum Gasteiger partial charge on any atom is -0.303 e. The van der Waals surface area contributed by atoms with Gasteiger partial charge in [0.15, 0.2) is 0 Å². The molecule has 0 bridgehead atoms. The van der Waals surface area contributed by atoms with Gasteiger partial charge in [-0.05, 0) is 51.2 Å². The zero-order valence-electron chi connectivity index (χ0n) is 11.1. The maximum absolute atomic E-state index is 10.9. The number of amides is 1. The first-order valence-corrected chi connectivity index (χ1v) is 6.98. The predicted octanol–water partition coefficient (Wildman–Crippen LogP) is 1.66. The van der Waals surface area contributed by atoms with Gasteiger partial charge in [0.1, 0.15) is 0 Å². The van der Waals surface area contributed by atoms with E-state index in [-0.39, 0.29) is 5.91 Å². The average molecular weight is 241 g/mol. The molecule has 4 nitrogen and oxygen atoms in total. The van der Waals surface area contributed by atoms with E-state index in [1.807, 2.05) is 0 Å². The van der Waals surface area contributed by atoms with Gasteiger partial charge in [0.05, 0.1) is 0 Å². The number of carbonyl (C=O) groups is 1. The molecule has 0 spiro atoms. The average Bonchev–Trinajstić information content (AvgIpc) is 2.36. The van der Waals surface area contributed by atoms with Crippen molar-refractivity contribution in [2.24, 2.45) is 11.8 Å². The van der Waals surface area contributed by atoms with Crippen molar-refractivity contribution in [1.29, 1.82) is 0 Å². The van der Waals surface area contributed by atoms with Gasteiger partial charge < -0.3 is 4.90 Å². The van der Waals surface area contributed by atoms with Gasteiger partial charge in [-0.25, -0.2) is 5.84 Å². The molecule has 1 saturated heterocycles. The number of carbonyl (C=O) groups excluding carboxylic acids is 1. The van der Waals surface area contributed by atoms with Crippen LogP contribution in [0.15, 0.2) is 0 Å². The van der Waals surface area contributed by atoms with Gasteiger partial charge in [0.25, 0.3) is 0 Å². The van der Waals surface area contributed by atoms with E-state index in [0.29, 0.717) is 6.42 Å². The number of nitrogens with zero attached hydrogens (tertiary/aromatic N) is 1. The van der Waals surface area contributed by atoms with E-state index in [0.717, 1.165) is 25.3 Å². The molecule has 0 aromatic carbocycles. The molecule has 4 heteroatoms. The Kier molecular flexibility index (Phi) is 7.21. The molecular formula is C13H27N3O. The second-order valence-electron chi connectivity index (χ2n) is 5.10. The van der Waals surface area contributed by atoms with Crippen molar-refractivity contribution >= 4 is 5.91 Å². The second kappa shape index (κ2) is 8.48. The molecule has 0 aromatic rings. The van der Waals surface area contributed by atoms with Crippen molar-refractivity contribution in [3.63, 3.8) is 0 Å². The number of hydrogen-bond donors (Lipinski definition) is 2. The van der Waals surface area contributed by atoms with Crippen molar-refractivity contribution in [1.82, 2.24) is 10.3 Å². The van der Waals surface area contributed by atoms with Gasteiger partial charge in [-0.3, -0.25) is 10.2 Å². The lowest BCUT2D eigenvalue weighted by atomic mass is 9.92. The fourth-order valence-electron chi connectivity index (χ4n) is 2.60. The molecule has 1 heterocycles. The first-order valence-electron chi connectivity index (χ1n) is 6.98. The number of hydrazine groups is 1. The molecule has 0 atom stereocenters. The standard InChI is InChI=1S/C13H27N3O/c1-2-5-12-7-10-16(11-8-12)9-4-3-6-13(17)15-14/h12H,2-11,14H2,1H3,(H,15,17). The summed E-state index contributed by atoms with van der Waals surface area (Å²) in [5.74, 6) is 5.94. The highest BCUT2D eigenvalue weighted by molar-refractivity contribution is 5.75. The summed E-state index contributed by atoms with van der Waals surface area (Å²) in [6, 6.07) is 0. The molecule has 1 fully saturated rings. The Balaban J connectivity index is 2.00. The van der Waals surface area contributed by atoms with Crippen molar-refractivity contribution in [2.45, 2.75) is 51.9 Å². The van der Waals surface area contributed by atoms with E-state index < -0.39 is 0 Å². The summed E-state index contributed by atoms with van der Waals surface area (Å²) in [6.45, 7) is 5.90. The summed E-state index contributed by atoms with van der Waals surface area (Å²) < 4.78 is 0. The number of piperidine rings is 1. The Morgan fingerprint density at radius 1 is 1.35 bits per heavy atom. The Morgan fingerprint density at radius 3 is 2.65 bits per heavy atom. The highest BCUT2D eigenvalue weighted by Gasteiger charge is 2.17.